The monoisotopic (exact) mass is 463 g/mol. The lowest BCUT2D eigenvalue weighted by Crippen LogP contribution is -2.29. The summed E-state index contributed by atoms with van der Waals surface area (Å²) in [7, 11) is 1.57. The number of benzene rings is 3. The fourth-order valence-corrected chi connectivity index (χ4v) is 4.24. The van der Waals surface area contributed by atoms with Gasteiger partial charge in [0.05, 0.1) is 35.5 Å². The third-order valence-corrected chi connectivity index (χ3v) is 6.09. The Bertz CT molecular complexity index is 1340. The van der Waals surface area contributed by atoms with E-state index in [1.54, 1.807) is 61.7 Å². The number of fused-ring (bicyclic) bond motifs is 1. The molecule has 33 heavy (non-hydrogen) atoms. The Kier molecular flexibility index (Phi) is 6.74. The molecule has 1 heterocycles. The summed E-state index contributed by atoms with van der Waals surface area (Å²) in [5.41, 5.74) is 1.78. The zero-order chi connectivity index (χ0) is 23.4. The van der Waals surface area contributed by atoms with E-state index in [9.17, 15) is 14.0 Å². The number of amides is 1. The van der Waals surface area contributed by atoms with E-state index in [-0.39, 0.29) is 29.1 Å². The normalized spacial score (nSPS) is 11.8. The second kappa shape index (κ2) is 9.87. The van der Waals surface area contributed by atoms with Crippen LogP contribution in [0.4, 0.5) is 4.39 Å². The Morgan fingerprint density at radius 3 is 2.48 bits per heavy atom. The van der Waals surface area contributed by atoms with Crippen molar-refractivity contribution in [3.8, 4) is 11.4 Å². The van der Waals surface area contributed by atoms with Crippen molar-refractivity contribution in [1.29, 1.82) is 0 Å². The van der Waals surface area contributed by atoms with Crippen LogP contribution in [0.1, 0.15) is 18.5 Å². The van der Waals surface area contributed by atoms with Crippen LogP contribution in [0.2, 0.25) is 0 Å². The van der Waals surface area contributed by atoms with E-state index >= 15 is 0 Å². The van der Waals surface area contributed by atoms with Crippen molar-refractivity contribution in [2.75, 3.05) is 12.9 Å². The maximum absolute atomic E-state index is 13.3. The first kappa shape index (κ1) is 22.5. The summed E-state index contributed by atoms with van der Waals surface area (Å²) in [4.78, 5) is 30.5. The van der Waals surface area contributed by atoms with E-state index in [4.69, 9.17) is 4.74 Å². The molecule has 0 spiro atoms. The number of aromatic nitrogens is 2. The number of hydrogen-bond acceptors (Lipinski definition) is 5. The third kappa shape index (κ3) is 5.06. The highest BCUT2D eigenvalue weighted by atomic mass is 32.2. The van der Waals surface area contributed by atoms with Crippen LogP contribution in [0.25, 0.3) is 16.6 Å². The molecule has 1 N–H and O–H groups in total. The van der Waals surface area contributed by atoms with Gasteiger partial charge in [-0.25, -0.2) is 9.37 Å². The Balaban J connectivity index is 1.60. The molecule has 0 bridgehead atoms. The van der Waals surface area contributed by atoms with Gasteiger partial charge in [-0.2, -0.15) is 0 Å². The Labute approximate surface area is 194 Å². The molecule has 0 aliphatic carbocycles. The van der Waals surface area contributed by atoms with Gasteiger partial charge in [0.2, 0.25) is 5.91 Å². The summed E-state index contributed by atoms with van der Waals surface area (Å²) in [6.45, 7) is 1.83. The summed E-state index contributed by atoms with van der Waals surface area (Å²) >= 11 is 1.18. The Hall–Kier alpha value is -3.65. The maximum Gasteiger partial charge on any atom is 0.266 e. The van der Waals surface area contributed by atoms with Crippen molar-refractivity contribution in [2.45, 2.75) is 18.1 Å². The van der Waals surface area contributed by atoms with Gasteiger partial charge >= 0.3 is 0 Å². The summed E-state index contributed by atoms with van der Waals surface area (Å²) in [5.74, 6) is 0.183. The van der Waals surface area contributed by atoms with Gasteiger partial charge < -0.3 is 10.1 Å². The first-order valence-electron chi connectivity index (χ1n) is 10.3. The summed E-state index contributed by atoms with van der Waals surface area (Å²) < 4.78 is 19.9. The summed E-state index contributed by atoms with van der Waals surface area (Å²) in [6, 6.07) is 19.9. The Morgan fingerprint density at radius 1 is 1.09 bits per heavy atom. The number of thioether (sulfide) groups is 1. The van der Waals surface area contributed by atoms with Gasteiger partial charge in [0, 0.05) is 0 Å². The van der Waals surface area contributed by atoms with E-state index in [1.165, 1.54) is 28.5 Å². The first-order valence-corrected chi connectivity index (χ1v) is 11.3. The second-order valence-electron chi connectivity index (χ2n) is 7.38. The molecule has 0 radical (unpaired) electrons. The zero-order valence-corrected chi connectivity index (χ0v) is 18.9. The van der Waals surface area contributed by atoms with Crippen molar-refractivity contribution in [3.05, 3.63) is 94.5 Å². The summed E-state index contributed by atoms with van der Waals surface area (Å²) in [6.07, 6.45) is 0. The molecule has 1 amide bonds. The first-order chi connectivity index (χ1) is 16.0. The predicted octanol–water partition coefficient (Wildman–Crippen LogP) is 4.50. The van der Waals surface area contributed by atoms with Crippen LogP contribution in [0, 0.1) is 5.82 Å². The van der Waals surface area contributed by atoms with E-state index in [0.717, 1.165) is 5.56 Å². The molecule has 1 unspecified atom stereocenters. The number of carbonyl (C=O) groups excluding carboxylic acids is 1. The zero-order valence-electron chi connectivity index (χ0n) is 18.1. The smallest absolute Gasteiger partial charge is 0.266 e. The largest absolute Gasteiger partial charge is 0.497 e. The van der Waals surface area contributed by atoms with Gasteiger partial charge in [-0.3, -0.25) is 14.2 Å². The van der Waals surface area contributed by atoms with Crippen molar-refractivity contribution in [1.82, 2.24) is 14.9 Å². The average molecular weight is 464 g/mol. The van der Waals surface area contributed by atoms with Crippen LogP contribution >= 0.6 is 11.8 Å². The number of hydrogen-bond donors (Lipinski definition) is 1. The van der Waals surface area contributed by atoms with E-state index in [2.05, 4.69) is 10.3 Å². The van der Waals surface area contributed by atoms with Crippen LogP contribution in [0.3, 0.4) is 0 Å². The highest BCUT2D eigenvalue weighted by molar-refractivity contribution is 7.99. The number of carbonyl (C=O) groups is 1. The van der Waals surface area contributed by atoms with Crippen LogP contribution in [0.15, 0.2) is 82.7 Å². The number of ether oxygens (including phenoxy) is 1. The lowest BCUT2D eigenvalue weighted by atomic mass is 10.1. The minimum atomic E-state index is -0.327. The molecule has 0 saturated heterocycles. The van der Waals surface area contributed by atoms with Crippen LogP contribution in [-0.2, 0) is 4.79 Å². The maximum atomic E-state index is 13.3. The SMILES string of the molecule is COc1ccc(-n2c(SCC(=O)NC(C)c3ccc(F)cc3)nc3ccccc3c2=O)cc1. The number of nitrogens with one attached hydrogen (secondary N) is 1. The van der Waals surface area contributed by atoms with Crippen molar-refractivity contribution in [3.63, 3.8) is 0 Å². The molecular weight excluding hydrogens is 441 g/mol. The lowest BCUT2D eigenvalue weighted by Gasteiger charge is -2.16. The molecule has 3 aromatic carbocycles. The number of halogens is 1. The van der Waals surface area contributed by atoms with E-state index in [1.807, 2.05) is 13.0 Å². The number of para-hydroxylation sites is 1. The summed E-state index contributed by atoms with van der Waals surface area (Å²) in [5, 5.41) is 3.80. The van der Waals surface area contributed by atoms with Gasteiger partial charge in [-0.15, -0.1) is 0 Å². The topological polar surface area (TPSA) is 73.2 Å². The third-order valence-electron chi connectivity index (χ3n) is 5.16. The molecule has 0 aliphatic heterocycles. The molecule has 1 atom stereocenters. The average Bonchev–Trinajstić information content (AvgIpc) is 2.83. The number of nitrogens with zero attached hydrogens (tertiary/aromatic N) is 2. The van der Waals surface area contributed by atoms with Crippen molar-refractivity contribution >= 4 is 28.6 Å². The highest BCUT2D eigenvalue weighted by Gasteiger charge is 2.16. The molecule has 0 fully saturated rings. The molecule has 0 saturated carbocycles. The molecule has 0 aliphatic rings. The molecule has 1 aromatic heterocycles. The Morgan fingerprint density at radius 2 is 1.79 bits per heavy atom. The highest BCUT2D eigenvalue weighted by Crippen LogP contribution is 2.23. The van der Waals surface area contributed by atoms with E-state index < -0.39 is 0 Å². The van der Waals surface area contributed by atoms with Gasteiger partial charge in [0.15, 0.2) is 5.16 Å². The van der Waals surface area contributed by atoms with E-state index in [0.29, 0.717) is 27.5 Å². The van der Waals surface area contributed by atoms with Gasteiger partial charge in [0.25, 0.3) is 5.56 Å². The number of rotatable bonds is 7. The lowest BCUT2D eigenvalue weighted by molar-refractivity contribution is -0.119. The second-order valence-corrected chi connectivity index (χ2v) is 8.32. The van der Waals surface area contributed by atoms with Crippen LogP contribution in [-0.4, -0.2) is 28.3 Å². The van der Waals surface area contributed by atoms with Gasteiger partial charge in [0.1, 0.15) is 11.6 Å². The number of methoxy groups -OCH3 is 1. The molecule has 8 heteroatoms. The molecule has 4 rings (SSSR count). The fourth-order valence-electron chi connectivity index (χ4n) is 3.42. The van der Waals surface area contributed by atoms with Crippen LogP contribution in [0.5, 0.6) is 5.75 Å². The molecular formula is C25H22FN3O3S. The minimum absolute atomic E-state index is 0.0620. The standard InChI is InChI=1S/C25H22FN3O3S/c1-16(17-7-9-18(26)10-8-17)27-23(30)15-33-25-28-22-6-4-3-5-21(22)24(31)29(25)19-11-13-20(32-2)14-12-19/h3-14,16H,15H2,1-2H3,(H,27,30). The molecule has 6 nitrogen and oxygen atoms in total. The molecule has 4 aromatic rings. The fraction of sp³-hybridized carbons (Fsp3) is 0.160. The predicted molar refractivity (Wildman–Crippen MR) is 128 cm³/mol. The van der Waals surface area contributed by atoms with Gasteiger partial charge in [-0.05, 0) is 61.0 Å². The van der Waals surface area contributed by atoms with Crippen LogP contribution < -0.4 is 15.6 Å². The van der Waals surface area contributed by atoms with Crippen molar-refractivity contribution < 1.29 is 13.9 Å². The van der Waals surface area contributed by atoms with Gasteiger partial charge in [-0.1, -0.05) is 36.0 Å². The van der Waals surface area contributed by atoms with Crippen molar-refractivity contribution in [2.24, 2.45) is 0 Å². The quantitative estimate of drug-likeness (QED) is 0.323. The minimum Gasteiger partial charge on any atom is -0.497 e. The molecule has 168 valence electrons.